The fraction of sp³-hybridized carbons (Fsp3) is 0.429. The molecule has 0 aliphatic carbocycles. The van der Waals surface area contributed by atoms with Crippen LogP contribution >= 0.6 is 11.3 Å². The Morgan fingerprint density at radius 1 is 1.53 bits per heavy atom. The second-order valence-corrected chi connectivity index (χ2v) is 5.24. The van der Waals surface area contributed by atoms with Crippen molar-refractivity contribution in [1.82, 2.24) is 0 Å². The van der Waals surface area contributed by atoms with Gasteiger partial charge in [-0.25, -0.2) is 4.79 Å². The Labute approximate surface area is 116 Å². The Morgan fingerprint density at radius 3 is 3.16 bits per heavy atom. The molecule has 1 aliphatic rings. The monoisotopic (exact) mass is 279 g/mol. The minimum atomic E-state index is -0.365. The summed E-state index contributed by atoms with van der Waals surface area (Å²) >= 11 is 1.68. The van der Waals surface area contributed by atoms with Gasteiger partial charge < -0.3 is 9.64 Å². The molecule has 102 valence electrons. The molecule has 1 aromatic heterocycles. The summed E-state index contributed by atoms with van der Waals surface area (Å²) < 4.78 is 4.81. The zero-order valence-electron chi connectivity index (χ0n) is 10.9. The number of aryl methyl sites for hydroxylation is 1. The van der Waals surface area contributed by atoms with E-state index in [2.05, 4.69) is 0 Å². The van der Waals surface area contributed by atoms with Crippen LogP contribution in [0.15, 0.2) is 23.6 Å². The lowest BCUT2D eigenvalue weighted by Gasteiger charge is -2.19. The Bertz CT molecular complexity index is 493. The molecule has 1 amide bonds. The van der Waals surface area contributed by atoms with Crippen molar-refractivity contribution < 1.29 is 14.3 Å². The van der Waals surface area contributed by atoms with E-state index in [1.165, 1.54) is 11.0 Å². The van der Waals surface area contributed by atoms with Crippen molar-refractivity contribution in [3.63, 3.8) is 0 Å². The van der Waals surface area contributed by atoms with Crippen molar-refractivity contribution in [2.75, 3.05) is 18.1 Å². The fourth-order valence-corrected chi connectivity index (χ4v) is 3.00. The average molecular weight is 279 g/mol. The summed E-state index contributed by atoms with van der Waals surface area (Å²) in [6.45, 7) is 2.55. The van der Waals surface area contributed by atoms with Crippen molar-refractivity contribution in [2.45, 2.75) is 26.2 Å². The minimum Gasteiger partial charge on any atom is -0.463 e. The van der Waals surface area contributed by atoms with Crippen LogP contribution in [0.1, 0.15) is 24.6 Å². The molecule has 0 spiro atoms. The predicted octanol–water partition coefficient (Wildman–Crippen LogP) is 2.54. The van der Waals surface area contributed by atoms with Gasteiger partial charge in [-0.05, 0) is 31.2 Å². The van der Waals surface area contributed by atoms with Crippen LogP contribution in [0, 0.1) is 0 Å². The highest BCUT2D eigenvalue weighted by Crippen LogP contribution is 2.31. The zero-order chi connectivity index (χ0) is 13.7. The number of rotatable bonds is 4. The van der Waals surface area contributed by atoms with Crippen molar-refractivity contribution in [2.24, 2.45) is 0 Å². The van der Waals surface area contributed by atoms with Gasteiger partial charge in [-0.15, -0.1) is 11.3 Å². The molecule has 0 radical (unpaired) electrons. The van der Waals surface area contributed by atoms with Gasteiger partial charge >= 0.3 is 5.97 Å². The molecule has 0 fully saturated rings. The molecule has 0 unspecified atom stereocenters. The number of hydrogen-bond acceptors (Lipinski definition) is 4. The minimum absolute atomic E-state index is 0.116. The Kier molecular flexibility index (Phi) is 4.74. The number of ether oxygens (including phenoxy) is 1. The average Bonchev–Trinajstić information content (AvgIpc) is 2.77. The van der Waals surface area contributed by atoms with E-state index in [0.29, 0.717) is 19.6 Å². The second kappa shape index (κ2) is 6.52. The highest BCUT2D eigenvalue weighted by molar-refractivity contribution is 7.10. The Balaban J connectivity index is 2.06. The SMILES string of the molecule is CCOC(=O)/C=C/CN1C(=O)CCCc2sccc21. The van der Waals surface area contributed by atoms with E-state index in [0.717, 1.165) is 18.5 Å². The number of carbonyl (C=O) groups is 2. The van der Waals surface area contributed by atoms with Crippen molar-refractivity contribution in [3.8, 4) is 0 Å². The number of thiophene rings is 1. The molecule has 0 saturated heterocycles. The molecule has 2 heterocycles. The Hall–Kier alpha value is -1.62. The lowest BCUT2D eigenvalue weighted by Crippen LogP contribution is -2.30. The van der Waals surface area contributed by atoms with E-state index in [1.54, 1.807) is 29.2 Å². The van der Waals surface area contributed by atoms with Gasteiger partial charge in [-0.2, -0.15) is 0 Å². The van der Waals surface area contributed by atoms with Gasteiger partial charge in [0.1, 0.15) is 0 Å². The molecule has 0 N–H and O–H groups in total. The van der Waals surface area contributed by atoms with Crippen LogP contribution in [0.2, 0.25) is 0 Å². The molecule has 4 nitrogen and oxygen atoms in total. The van der Waals surface area contributed by atoms with Crippen LogP contribution in [0.4, 0.5) is 5.69 Å². The van der Waals surface area contributed by atoms with Crippen LogP contribution in [0.25, 0.3) is 0 Å². The zero-order valence-corrected chi connectivity index (χ0v) is 11.7. The van der Waals surface area contributed by atoms with Crippen molar-refractivity contribution in [1.29, 1.82) is 0 Å². The van der Waals surface area contributed by atoms with Crippen LogP contribution in [0.3, 0.4) is 0 Å². The van der Waals surface area contributed by atoms with Gasteiger partial charge in [0.25, 0.3) is 0 Å². The van der Waals surface area contributed by atoms with Gasteiger partial charge in [-0.3, -0.25) is 4.79 Å². The molecule has 5 heteroatoms. The highest BCUT2D eigenvalue weighted by Gasteiger charge is 2.21. The summed E-state index contributed by atoms with van der Waals surface area (Å²) in [7, 11) is 0. The number of hydrogen-bond donors (Lipinski definition) is 0. The van der Waals surface area contributed by atoms with Crippen LogP contribution in [0.5, 0.6) is 0 Å². The lowest BCUT2D eigenvalue weighted by molar-refractivity contribution is -0.137. The number of amides is 1. The van der Waals surface area contributed by atoms with Gasteiger partial charge in [0, 0.05) is 23.9 Å². The maximum absolute atomic E-state index is 12.1. The number of esters is 1. The molecule has 0 atom stereocenters. The van der Waals surface area contributed by atoms with E-state index in [9.17, 15) is 9.59 Å². The van der Waals surface area contributed by atoms with E-state index in [-0.39, 0.29) is 11.9 Å². The maximum atomic E-state index is 12.1. The highest BCUT2D eigenvalue weighted by atomic mass is 32.1. The lowest BCUT2D eigenvalue weighted by atomic mass is 10.2. The number of fused-ring (bicyclic) bond motifs is 1. The van der Waals surface area contributed by atoms with Crippen LogP contribution in [-0.2, 0) is 20.7 Å². The first-order valence-electron chi connectivity index (χ1n) is 6.42. The molecule has 19 heavy (non-hydrogen) atoms. The summed E-state index contributed by atoms with van der Waals surface area (Å²) in [6, 6.07) is 1.97. The fourth-order valence-electron chi connectivity index (χ4n) is 2.08. The molecular weight excluding hydrogens is 262 g/mol. The third-order valence-electron chi connectivity index (χ3n) is 2.94. The van der Waals surface area contributed by atoms with Crippen molar-refractivity contribution in [3.05, 3.63) is 28.5 Å². The molecule has 0 saturated carbocycles. The van der Waals surface area contributed by atoms with Crippen LogP contribution in [-0.4, -0.2) is 25.0 Å². The predicted molar refractivity (Wildman–Crippen MR) is 75.4 cm³/mol. The summed E-state index contributed by atoms with van der Waals surface area (Å²) in [6.07, 6.45) is 5.48. The molecule has 0 bridgehead atoms. The van der Waals surface area contributed by atoms with Gasteiger partial charge in [0.15, 0.2) is 0 Å². The summed E-state index contributed by atoms with van der Waals surface area (Å²) in [4.78, 5) is 26.3. The van der Waals surface area contributed by atoms with Crippen molar-refractivity contribution >= 4 is 28.9 Å². The van der Waals surface area contributed by atoms with Gasteiger partial charge in [0.2, 0.25) is 5.91 Å². The van der Waals surface area contributed by atoms with E-state index in [4.69, 9.17) is 4.74 Å². The molecular formula is C14H17NO3S. The maximum Gasteiger partial charge on any atom is 0.330 e. The number of carbonyl (C=O) groups excluding carboxylic acids is 2. The van der Waals surface area contributed by atoms with Gasteiger partial charge in [0.05, 0.1) is 12.3 Å². The normalized spacial score (nSPS) is 15.4. The third-order valence-corrected chi connectivity index (χ3v) is 3.91. The molecule has 1 aliphatic heterocycles. The summed E-state index contributed by atoms with van der Waals surface area (Å²) in [5, 5.41) is 2.01. The smallest absolute Gasteiger partial charge is 0.330 e. The number of anilines is 1. The Morgan fingerprint density at radius 2 is 2.37 bits per heavy atom. The number of nitrogens with zero attached hydrogens (tertiary/aromatic N) is 1. The first-order valence-corrected chi connectivity index (χ1v) is 7.30. The standard InChI is InChI=1S/C14H17NO3S/c1-2-18-14(17)7-4-9-15-11-8-10-19-12(11)5-3-6-13(15)16/h4,7-8,10H,2-3,5-6,9H2,1H3/b7-4+. The molecule has 2 rings (SSSR count). The largest absolute Gasteiger partial charge is 0.463 e. The van der Waals surface area contributed by atoms with Gasteiger partial charge in [-0.1, -0.05) is 6.08 Å². The summed E-state index contributed by atoms with van der Waals surface area (Å²) in [5.41, 5.74) is 0.987. The quantitative estimate of drug-likeness (QED) is 0.628. The summed E-state index contributed by atoms with van der Waals surface area (Å²) in [5.74, 6) is -0.249. The first kappa shape index (κ1) is 13.8. The second-order valence-electron chi connectivity index (χ2n) is 4.24. The van der Waals surface area contributed by atoms with E-state index in [1.807, 2.05) is 11.4 Å². The van der Waals surface area contributed by atoms with E-state index < -0.39 is 0 Å². The topological polar surface area (TPSA) is 46.6 Å². The van der Waals surface area contributed by atoms with E-state index >= 15 is 0 Å². The molecule has 1 aromatic rings. The third kappa shape index (κ3) is 3.44. The molecule has 0 aromatic carbocycles. The first-order chi connectivity index (χ1) is 9.22. The van der Waals surface area contributed by atoms with Crippen LogP contribution < -0.4 is 4.90 Å².